The number of sulfone groups is 1. The third kappa shape index (κ3) is 3.97. The molecule has 1 saturated carbocycles. The molecule has 1 N–H and O–H groups in total. The molecule has 0 radical (unpaired) electrons. The van der Waals surface area contributed by atoms with E-state index in [1.165, 1.54) is 0 Å². The minimum absolute atomic E-state index is 0.273. The van der Waals surface area contributed by atoms with E-state index in [0.717, 1.165) is 42.5 Å². The van der Waals surface area contributed by atoms with Crippen molar-refractivity contribution in [1.29, 1.82) is 0 Å². The summed E-state index contributed by atoms with van der Waals surface area (Å²) in [5.74, 6) is 2.15. The largest absolute Gasteiger partial charge is 0.356 e. The van der Waals surface area contributed by atoms with Gasteiger partial charge in [-0.2, -0.15) is 0 Å². The summed E-state index contributed by atoms with van der Waals surface area (Å²) in [5, 5.41) is 1.01. The number of hydrogen-bond acceptors (Lipinski definition) is 5. The van der Waals surface area contributed by atoms with Crippen molar-refractivity contribution in [1.82, 2.24) is 15.0 Å². The summed E-state index contributed by atoms with van der Waals surface area (Å²) >= 11 is 0. The van der Waals surface area contributed by atoms with Crippen LogP contribution in [0.25, 0.3) is 11.0 Å². The van der Waals surface area contributed by atoms with Crippen molar-refractivity contribution in [2.24, 2.45) is 11.8 Å². The molecule has 0 aromatic carbocycles. The van der Waals surface area contributed by atoms with Gasteiger partial charge < -0.3 is 9.88 Å². The van der Waals surface area contributed by atoms with Crippen LogP contribution in [0.1, 0.15) is 39.5 Å². The quantitative estimate of drug-likeness (QED) is 0.779. The standard InChI is InChI=1S/C18H28N4O2S/c1-4-13(5-2)10-25(23,24)11-14-8-15(9-14)22(3)18-16-6-7-19-17(16)20-12-21-18/h6-7,12-15H,4-5,8-11H2,1-3H3,(H,19,20,21). The van der Waals surface area contributed by atoms with Crippen molar-refractivity contribution in [2.75, 3.05) is 23.5 Å². The highest BCUT2D eigenvalue weighted by Crippen LogP contribution is 2.36. The topological polar surface area (TPSA) is 79.0 Å². The number of aromatic nitrogens is 3. The van der Waals surface area contributed by atoms with Crippen molar-refractivity contribution in [3.63, 3.8) is 0 Å². The highest BCUT2D eigenvalue weighted by atomic mass is 32.2. The van der Waals surface area contributed by atoms with Crippen LogP contribution in [0.3, 0.4) is 0 Å². The fraction of sp³-hybridized carbons (Fsp3) is 0.667. The van der Waals surface area contributed by atoms with Gasteiger partial charge in [0.05, 0.1) is 16.9 Å². The van der Waals surface area contributed by atoms with Gasteiger partial charge in [-0.1, -0.05) is 26.7 Å². The van der Waals surface area contributed by atoms with Gasteiger partial charge in [-0.15, -0.1) is 0 Å². The maximum absolute atomic E-state index is 12.4. The van der Waals surface area contributed by atoms with E-state index in [1.54, 1.807) is 6.33 Å². The first-order chi connectivity index (χ1) is 11.9. The molecule has 1 aliphatic rings. The molecule has 25 heavy (non-hydrogen) atoms. The van der Waals surface area contributed by atoms with Crippen LogP contribution >= 0.6 is 0 Å². The third-order valence-electron chi connectivity index (χ3n) is 5.56. The van der Waals surface area contributed by atoms with E-state index >= 15 is 0 Å². The molecule has 0 bridgehead atoms. The van der Waals surface area contributed by atoms with E-state index in [2.05, 4.69) is 33.7 Å². The van der Waals surface area contributed by atoms with E-state index in [4.69, 9.17) is 0 Å². The summed E-state index contributed by atoms with van der Waals surface area (Å²) < 4.78 is 24.8. The van der Waals surface area contributed by atoms with Crippen LogP contribution in [0, 0.1) is 11.8 Å². The lowest BCUT2D eigenvalue weighted by Gasteiger charge is -2.41. The van der Waals surface area contributed by atoms with Gasteiger partial charge in [-0.05, 0) is 30.7 Å². The zero-order chi connectivity index (χ0) is 18.0. The zero-order valence-electron chi connectivity index (χ0n) is 15.3. The molecule has 0 spiro atoms. The number of fused-ring (bicyclic) bond motifs is 1. The molecule has 1 aliphatic carbocycles. The van der Waals surface area contributed by atoms with Gasteiger partial charge >= 0.3 is 0 Å². The Morgan fingerprint density at radius 2 is 2.00 bits per heavy atom. The second-order valence-corrected chi connectivity index (χ2v) is 9.45. The average molecular weight is 365 g/mol. The van der Waals surface area contributed by atoms with E-state index in [9.17, 15) is 8.42 Å². The molecule has 0 unspecified atom stereocenters. The number of hydrogen-bond donors (Lipinski definition) is 1. The molecule has 1 fully saturated rings. The Kier molecular flexibility index (Phi) is 5.32. The molecular formula is C18H28N4O2S. The second kappa shape index (κ2) is 7.32. The highest BCUT2D eigenvalue weighted by molar-refractivity contribution is 7.91. The van der Waals surface area contributed by atoms with Crippen LogP contribution < -0.4 is 4.90 Å². The van der Waals surface area contributed by atoms with Crippen molar-refractivity contribution >= 4 is 26.7 Å². The Hall–Kier alpha value is -1.63. The van der Waals surface area contributed by atoms with E-state index < -0.39 is 9.84 Å². The van der Waals surface area contributed by atoms with E-state index in [1.807, 2.05) is 19.3 Å². The monoisotopic (exact) mass is 364 g/mol. The van der Waals surface area contributed by atoms with Crippen molar-refractivity contribution in [3.8, 4) is 0 Å². The van der Waals surface area contributed by atoms with Crippen LogP contribution in [0.4, 0.5) is 5.82 Å². The Morgan fingerprint density at radius 1 is 1.28 bits per heavy atom. The van der Waals surface area contributed by atoms with Crippen molar-refractivity contribution < 1.29 is 8.42 Å². The normalized spacial score (nSPS) is 20.8. The van der Waals surface area contributed by atoms with Crippen LogP contribution in [0.15, 0.2) is 18.6 Å². The van der Waals surface area contributed by atoms with Crippen molar-refractivity contribution in [2.45, 2.75) is 45.6 Å². The second-order valence-electron chi connectivity index (χ2n) is 7.30. The Bertz CT molecular complexity index is 807. The number of H-pyrrole nitrogens is 1. The minimum Gasteiger partial charge on any atom is -0.356 e. The maximum Gasteiger partial charge on any atom is 0.150 e. The highest BCUT2D eigenvalue weighted by Gasteiger charge is 2.36. The molecule has 2 aromatic rings. The lowest BCUT2D eigenvalue weighted by atomic mass is 9.81. The lowest BCUT2D eigenvalue weighted by molar-refractivity contribution is 0.282. The molecule has 0 amide bonds. The van der Waals surface area contributed by atoms with Crippen LogP contribution in [0.5, 0.6) is 0 Å². The number of nitrogens with zero attached hydrogens (tertiary/aromatic N) is 3. The average Bonchev–Trinajstić information content (AvgIpc) is 3.03. The fourth-order valence-electron chi connectivity index (χ4n) is 3.78. The van der Waals surface area contributed by atoms with Crippen LogP contribution in [-0.2, 0) is 9.84 Å². The summed E-state index contributed by atoms with van der Waals surface area (Å²) in [6, 6.07) is 2.33. The fourth-order valence-corrected chi connectivity index (χ4v) is 6.09. The zero-order valence-corrected chi connectivity index (χ0v) is 16.1. The summed E-state index contributed by atoms with van der Waals surface area (Å²) in [7, 11) is -0.918. The number of aromatic amines is 1. The van der Waals surface area contributed by atoms with Gasteiger partial charge in [-0.3, -0.25) is 0 Å². The lowest BCUT2D eigenvalue weighted by Crippen LogP contribution is -2.45. The van der Waals surface area contributed by atoms with E-state index in [-0.39, 0.29) is 5.92 Å². The molecule has 6 nitrogen and oxygen atoms in total. The van der Waals surface area contributed by atoms with Gasteiger partial charge in [0.1, 0.15) is 17.8 Å². The molecule has 3 rings (SSSR count). The first kappa shape index (κ1) is 18.2. The van der Waals surface area contributed by atoms with Crippen molar-refractivity contribution in [3.05, 3.63) is 18.6 Å². The summed E-state index contributed by atoms with van der Waals surface area (Å²) in [6.07, 6.45) is 7.13. The predicted octanol–water partition coefficient (Wildman–Crippen LogP) is 3.02. The van der Waals surface area contributed by atoms with Crippen LogP contribution in [-0.4, -0.2) is 48.0 Å². The van der Waals surface area contributed by atoms with Gasteiger partial charge in [0.25, 0.3) is 0 Å². The molecule has 138 valence electrons. The number of rotatable bonds is 8. The summed E-state index contributed by atoms with van der Waals surface area (Å²) in [5.41, 5.74) is 0.834. The van der Waals surface area contributed by atoms with E-state index in [0.29, 0.717) is 23.5 Å². The Morgan fingerprint density at radius 3 is 2.68 bits per heavy atom. The molecular weight excluding hydrogens is 336 g/mol. The Balaban J connectivity index is 1.58. The third-order valence-corrected chi connectivity index (χ3v) is 7.52. The molecule has 7 heteroatoms. The predicted molar refractivity (Wildman–Crippen MR) is 102 cm³/mol. The molecule has 2 heterocycles. The molecule has 2 aromatic heterocycles. The first-order valence-corrected chi connectivity index (χ1v) is 11.0. The van der Waals surface area contributed by atoms with Gasteiger partial charge in [-0.25, -0.2) is 18.4 Å². The SMILES string of the molecule is CCC(CC)CS(=O)(=O)CC1CC(N(C)c2ncnc3[nH]ccc23)C1. The Labute approximate surface area is 150 Å². The number of nitrogens with one attached hydrogen (secondary N) is 1. The van der Waals surface area contributed by atoms with Gasteiger partial charge in [0, 0.05) is 19.3 Å². The summed E-state index contributed by atoms with van der Waals surface area (Å²) in [4.78, 5) is 13.9. The van der Waals surface area contributed by atoms with Crippen LogP contribution in [0.2, 0.25) is 0 Å². The minimum atomic E-state index is -2.95. The molecule has 0 atom stereocenters. The van der Waals surface area contributed by atoms with Gasteiger partial charge in [0.2, 0.25) is 0 Å². The smallest absolute Gasteiger partial charge is 0.150 e. The maximum atomic E-state index is 12.4. The molecule has 0 aliphatic heterocycles. The first-order valence-electron chi connectivity index (χ1n) is 9.14. The van der Waals surface area contributed by atoms with Gasteiger partial charge in [0.15, 0.2) is 9.84 Å². The number of anilines is 1. The summed E-state index contributed by atoms with van der Waals surface area (Å²) in [6.45, 7) is 4.14. The molecule has 0 saturated heterocycles.